The molecule has 0 atom stereocenters. The Hall–Kier alpha value is -2.55. The molecule has 0 aromatic carbocycles. The lowest BCUT2D eigenvalue weighted by atomic mass is 10.2. The van der Waals surface area contributed by atoms with Gasteiger partial charge in [0.25, 0.3) is 0 Å². The first kappa shape index (κ1) is 11.9. The number of nitrogen functional groups attached to an aromatic ring is 1. The highest BCUT2D eigenvalue weighted by Gasteiger charge is 2.06. The second-order valence-electron chi connectivity index (χ2n) is 3.70. The van der Waals surface area contributed by atoms with Gasteiger partial charge in [0.05, 0.1) is 30.2 Å². The number of nitrogens with one attached hydrogen (secondary N) is 1. The molecule has 6 nitrogen and oxygen atoms in total. The minimum Gasteiger partial charge on any atom is -0.444 e. The summed E-state index contributed by atoms with van der Waals surface area (Å²) in [6.07, 6.45) is 3.99. The highest BCUT2D eigenvalue weighted by Crippen LogP contribution is 2.15. The van der Waals surface area contributed by atoms with Gasteiger partial charge in [0, 0.05) is 6.42 Å². The second kappa shape index (κ2) is 5.19. The van der Waals surface area contributed by atoms with Crippen molar-refractivity contribution in [1.82, 2.24) is 9.97 Å². The predicted molar refractivity (Wildman–Crippen MR) is 66.6 cm³/mol. The highest BCUT2D eigenvalue weighted by molar-refractivity contribution is 5.57. The van der Waals surface area contributed by atoms with Crippen LogP contribution in [0.1, 0.15) is 24.1 Å². The molecule has 0 fully saturated rings. The minimum absolute atomic E-state index is 0.381. The third-order valence-corrected chi connectivity index (χ3v) is 2.39. The minimum atomic E-state index is 0.381. The van der Waals surface area contributed by atoms with Crippen molar-refractivity contribution in [3.05, 3.63) is 35.7 Å². The summed E-state index contributed by atoms with van der Waals surface area (Å²) in [5, 5.41) is 12.0. The predicted octanol–water partition coefficient (Wildman–Crippen LogP) is 1.70. The van der Waals surface area contributed by atoms with E-state index in [0.29, 0.717) is 29.5 Å². The molecule has 18 heavy (non-hydrogen) atoms. The summed E-state index contributed by atoms with van der Waals surface area (Å²) in [5.74, 6) is 1.87. The monoisotopic (exact) mass is 243 g/mol. The molecule has 92 valence electrons. The molecule has 0 radical (unpaired) electrons. The van der Waals surface area contributed by atoms with Crippen LogP contribution in [0.4, 0.5) is 11.5 Å². The van der Waals surface area contributed by atoms with Gasteiger partial charge in [-0.25, -0.2) is 9.97 Å². The van der Waals surface area contributed by atoms with E-state index < -0.39 is 0 Å². The third kappa shape index (κ3) is 2.58. The Bertz CT molecular complexity index is 584. The first-order valence-electron chi connectivity index (χ1n) is 5.56. The fourth-order valence-corrected chi connectivity index (χ4v) is 1.46. The van der Waals surface area contributed by atoms with Crippen LogP contribution in [0, 0.1) is 11.3 Å². The Kier molecular flexibility index (Phi) is 3.44. The van der Waals surface area contributed by atoms with Gasteiger partial charge >= 0.3 is 0 Å². The number of hydrogen-bond acceptors (Lipinski definition) is 6. The van der Waals surface area contributed by atoms with Crippen LogP contribution in [0.2, 0.25) is 0 Å². The van der Waals surface area contributed by atoms with Crippen LogP contribution in [0.3, 0.4) is 0 Å². The average Bonchev–Trinajstić information content (AvgIpc) is 2.85. The van der Waals surface area contributed by atoms with E-state index in [-0.39, 0.29) is 0 Å². The van der Waals surface area contributed by atoms with Crippen molar-refractivity contribution in [2.24, 2.45) is 0 Å². The smallest absolute Gasteiger partial charge is 0.213 e. The van der Waals surface area contributed by atoms with Crippen LogP contribution in [-0.4, -0.2) is 9.97 Å². The third-order valence-electron chi connectivity index (χ3n) is 2.39. The van der Waals surface area contributed by atoms with Crippen molar-refractivity contribution in [2.45, 2.75) is 19.9 Å². The standard InChI is InChI=1S/C12H13N5O/c1-2-10-6-15-11(18-10)7-17-12-8(4-13)3-9(14)5-16-12/h3,5-6H,2,7,14H2,1H3,(H,16,17). The van der Waals surface area contributed by atoms with Gasteiger partial charge in [0.15, 0.2) is 0 Å². The first-order chi connectivity index (χ1) is 8.72. The summed E-state index contributed by atoms with van der Waals surface area (Å²) in [5.41, 5.74) is 6.42. The Balaban J connectivity index is 2.08. The molecule has 3 N–H and O–H groups in total. The van der Waals surface area contributed by atoms with Gasteiger partial charge in [0.1, 0.15) is 17.6 Å². The lowest BCUT2D eigenvalue weighted by Crippen LogP contribution is -2.04. The van der Waals surface area contributed by atoms with E-state index in [1.165, 1.54) is 6.20 Å². The van der Waals surface area contributed by atoms with Crippen molar-refractivity contribution >= 4 is 11.5 Å². The lowest BCUT2D eigenvalue weighted by Gasteiger charge is -2.05. The summed E-state index contributed by atoms with van der Waals surface area (Å²) < 4.78 is 5.44. The number of rotatable bonds is 4. The molecule has 0 saturated carbocycles. The van der Waals surface area contributed by atoms with E-state index >= 15 is 0 Å². The number of aryl methyl sites for hydroxylation is 1. The van der Waals surface area contributed by atoms with Gasteiger partial charge in [0.2, 0.25) is 5.89 Å². The topological polar surface area (TPSA) is 101 Å². The van der Waals surface area contributed by atoms with E-state index in [1.807, 2.05) is 13.0 Å². The molecule has 2 aromatic rings. The molecule has 0 unspecified atom stereocenters. The number of nitriles is 1. The fraction of sp³-hybridized carbons (Fsp3) is 0.250. The summed E-state index contributed by atoms with van der Waals surface area (Å²) in [6, 6.07) is 3.60. The van der Waals surface area contributed by atoms with Crippen molar-refractivity contribution in [3.8, 4) is 6.07 Å². The molecule has 0 aliphatic heterocycles. The molecule has 0 saturated heterocycles. The number of nitrogens with two attached hydrogens (primary N) is 1. The van der Waals surface area contributed by atoms with Crippen LogP contribution >= 0.6 is 0 Å². The van der Waals surface area contributed by atoms with E-state index in [9.17, 15) is 0 Å². The maximum atomic E-state index is 8.96. The van der Waals surface area contributed by atoms with E-state index in [4.69, 9.17) is 15.4 Å². The molecule has 2 aromatic heterocycles. The zero-order chi connectivity index (χ0) is 13.0. The second-order valence-corrected chi connectivity index (χ2v) is 3.70. The quantitative estimate of drug-likeness (QED) is 0.847. The SMILES string of the molecule is CCc1cnc(CNc2ncc(N)cc2C#N)o1. The number of anilines is 2. The van der Waals surface area contributed by atoms with Crippen LogP contribution < -0.4 is 11.1 Å². The van der Waals surface area contributed by atoms with Crippen LogP contribution in [0.15, 0.2) is 22.9 Å². The Morgan fingerprint density at radius 1 is 1.44 bits per heavy atom. The Labute approximate surface area is 104 Å². The Morgan fingerprint density at radius 2 is 2.28 bits per heavy atom. The van der Waals surface area contributed by atoms with Gasteiger partial charge in [-0.15, -0.1) is 0 Å². The van der Waals surface area contributed by atoms with Crippen LogP contribution in [-0.2, 0) is 13.0 Å². The van der Waals surface area contributed by atoms with Gasteiger partial charge in [-0.2, -0.15) is 5.26 Å². The highest BCUT2D eigenvalue weighted by atomic mass is 16.4. The van der Waals surface area contributed by atoms with Gasteiger partial charge < -0.3 is 15.5 Å². The van der Waals surface area contributed by atoms with Crippen molar-refractivity contribution < 1.29 is 4.42 Å². The van der Waals surface area contributed by atoms with Crippen LogP contribution in [0.25, 0.3) is 0 Å². The van der Waals surface area contributed by atoms with E-state index in [0.717, 1.165) is 12.2 Å². The van der Waals surface area contributed by atoms with Crippen LogP contribution in [0.5, 0.6) is 0 Å². The lowest BCUT2D eigenvalue weighted by molar-refractivity contribution is 0.465. The molecule has 6 heteroatoms. The molecule has 2 rings (SSSR count). The zero-order valence-electron chi connectivity index (χ0n) is 9.97. The number of pyridine rings is 1. The number of nitrogens with zero attached hydrogens (tertiary/aromatic N) is 3. The summed E-state index contributed by atoms with van der Waals surface area (Å²) in [7, 11) is 0. The van der Waals surface area contributed by atoms with E-state index in [2.05, 4.69) is 15.3 Å². The summed E-state index contributed by atoms with van der Waals surface area (Å²) >= 11 is 0. The normalized spacial score (nSPS) is 10.0. The average molecular weight is 243 g/mol. The fourth-order valence-electron chi connectivity index (χ4n) is 1.46. The molecule has 0 aliphatic carbocycles. The van der Waals surface area contributed by atoms with E-state index in [1.54, 1.807) is 12.3 Å². The molecule has 2 heterocycles. The number of hydrogen-bond donors (Lipinski definition) is 2. The largest absolute Gasteiger partial charge is 0.444 e. The van der Waals surface area contributed by atoms with Crippen molar-refractivity contribution in [2.75, 3.05) is 11.1 Å². The molecule has 0 amide bonds. The van der Waals surface area contributed by atoms with Gasteiger partial charge in [-0.1, -0.05) is 6.92 Å². The first-order valence-corrected chi connectivity index (χ1v) is 5.56. The van der Waals surface area contributed by atoms with Crippen molar-refractivity contribution in [3.63, 3.8) is 0 Å². The van der Waals surface area contributed by atoms with Crippen molar-refractivity contribution in [1.29, 1.82) is 5.26 Å². The van der Waals surface area contributed by atoms with Gasteiger partial charge in [-0.3, -0.25) is 0 Å². The molecule has 0 bridgehead atoms. The summed E-state index contributed by atoms with van der Waals surface area (Å²) in [6.45, 7) is 2.37. The maximum absolute atomic E-state index is 8.96. The zero-order valence-corrected chi connectivity index (χ0v) is 9.97. The number of oxazole rings is 1. The maximum Gasteiger partial charge on any atom is 0.213 e. The molecule has 0 spiro atoms. The summed E-state index contributed by atoms with van der Waals surface area (Å²) in [4.78, 5) is 8.17. The Morgan fingerprint density at radius 3 is 2.94 bits per heavy atom. The molecule has 0 aliphatic rings. The molecular weight excluding hydrogens is 230 g/mol. The molecular formula is C12H13N5O. The number of aromatic nitrogens is 2. The van der Waals surface area contributed by atoms with Gasteiger partial charge in [-0.05, 0) is 6.07 Å².